The van der Waals surface area contributed by atoms with Crippen molar-refractivity contribution in [2.45, 2.75) is 80.3 Å². The molecule has 1 saturated carbocycles. The maximum absolute atomic E-state index is 13.4. The fourth-order valence-corrected chi connectivity index (χ4v) is 10.1. The number of rotatable bonds is 17. The maximum atomic E-state index is 13.4. The smallest absolute Gasteiger partial charge is 0.127 e. The normalized spacial score (nSPS) is 22.2. The molecule has 0 bridgehead atoms. The van der Waals surface area contributed by atoms with Crippen molar-refractivity contribution in [1.82, 2.24) is 29.5 Å². The highest BCUT2D eigenvalue weighted by Gasteiger charge is 2.28. The topological polar surface area (TPSA) is 81.3 Å². The number of nitrogens with zero attached hydrogens (tertiary/aromatic N) is 3. The summed E-state index contributed by atoms with van der Waals surface area (Å²) in [6.45, 7) is 14.2. The molecule has 3 aliphatic carbocycles. The summed E-state index contributed by atoms with van der Waals surface area (Å²) in [5.41, 5.74) is 6.81. The monoisotopic (exact) mass is 800 g/mol. The molecule has 56 heavy (non-hydrogen) atoms. The molecular formula is C45H64N6O3S2. The summed E-state index contributed by atoms with van der Waals surface area (Å²) >= 11 is 1.75. The average Bonchev–Trinajstić information content (AvgIpc) is 4.08. The van der Waals surface area contributed by atoms with Gasteiger partial charge in [0.2, 0.25) is 0 Å². The van der Waals surface area contributed by atoms with Gasteiger partial charge in [0.15, 0.2) is 0 Å². The van der Waals surface area contributed by atoms with Crippen LogP contribution in [-0.4, -0.2) is 110 Å². The molecule has 304 valence electrons. The Kier molecular flexibility index (Phi) is 16.7. The quantitative estimate of drug-likeness (QED) is 0.121. The highest BCUT2D eigenvalue weighted by atomic mass is 32.2. The lowest BCUT2D eigenvalue weighted by Gasteiger charge is -2.31. The summed E-state index contributed by atoms with van der Waals surface area (Å²) in [5, 5.41) is 7.37. The van der Waals surface area contributed by atoms with Crippen LogP contribution >= 0.6 is 11.9 Å². The first kappa shape index (κ1) is 41.6. The third kappa shape index (κ3) is 13.5. The highest BCUT2D eigenvalue weighted by molar-refractivity contribution is 7.97. The second-order valence-electron chi connectivity index (χ2n) is 15.8. The fraction of sp³-hybridized carbons (Fsp3) is 0.556. The number of benzene rings is 2. The van der Waals surface area contributed by atoms with Crippen molar-refractivity contribution < 1.29 is 13.7 Å². The van der Waals surface area contributed by atoms with Gasteiger partial charge >= 0.3 is 0 Å². The van der Waals surface area contributed by atoms with Crippen LogP contribution in [-0.2, 0) is 33.5 Å². The van der Waals surface area contributed by atoms with E-state index in [4.69, 9.17) is 9.47 Å². The van der Waals surface area contributed by atoms with E-state index < -0.39 is 11.0 Å². The molecule has 3 fully saturated rings. The Morgan fingerprint density at radius 3 is 2.50 bits per heavy atom. The third-order valence-electron chi connectivity index (χ3n) is 11.3. The zero-order valence-electron chi connectivity index (χ0n) is 33.3. The molecule has 2 aromatic carbocycles. The van der Waals surface area contributed by atoms with E-state index in [0.717, 1.165) is 122 Å². The van der Waals surface area contributed by atoms with Gasteiger partial charge in [0.05, 0.1) is 31.3 Å². The molecule has 3 N–H and O–H groups in total. The molecule has 2 aromatic rings. The van der Waals surface area contributed by atoms with Crippen LogP contribution in [0.3, 0.4) is 0 Å². The predicted molar refractivity (Wildman–Crippen MR) is 231 cm³/mol. The Morgan fingerprint density at radius 2 is 1.70 bits per heavy atom. The Hall–Kier alpha value is -2.58. The first-order chi connectivity index (χ1) is 27.7. The van der Waals surface area contributed by atoms with Gasteiger partial charge in [-0.3, -0.25) is 14.5 Å². The van der Waals surface area contributed by atoms with E-state index >= 15 is 0 Å². The van der Waals surface area contributed by atoms with E-state index in [9.17, 15) is 4.21 Å². The number of morpholine rings is 2. The predicted octanol–water partition coefficient (Wildman–Crippen LogP) is 6.59. The van der Waals surface area contributed by atoms with E-state index in [2.05, 4.69) is 102 Å². The Balaban J connectivity index is 0.000000172. The summed E-state index contributed by atoms with van der Waals surface area (Å²) in [4.78, 5) is 7.12. The van der Waals surface area contributed by atoms with Gasteiger partial charge in [-0.2, -0.15) is 0 Å². The molecule has 9 nitrogen and oxygen atoms in total. The molecule has 2 saturated heterocycles. The Morgan fingerprint density at radius 1 is 0.893 bits per heavy atom. The lowest BCUT2D eigenvalue weighted by Crippen LogP contribution is -2.40. The van der Waals surface area contributed by atoms with E-state index in [1.807, 2.05) is 6.07 Å². The minimum absolute atomic E-state index is 0.457. The lowest BCUT2D eigenvalue weighted by molar-refractivity contribution is 0.0341. The molecule has 3 aliphatic heterocycles. The molecule has 6 aliphatic rings. The molecule has 3 heterocycles. The van der Waals surface area contributed by atoms with E-state index in [1.54, 1.807) is 11.9 Å². The van der Waals surface area contributed by atoms with Gasteiger partial charge in [0.25, 0.3) is 0 Å². The van der Waals surface area contributed by atoms with Gasteiger partial charge in [-0.1, -0.05) is 54.6 Å². The molecule has 0 radical (unpaired) electrons. The molecular weight excluding hydrogens is 737 g/mol. The van der Waals surface area contributed by atoms with Crippen molar-refractivity contribution in [3.05, 3.63) is 107 Å². The van der Waals surface area contributed by atoms with E-state index in [1.165, 1.54) is 71.4 Å². The summed E-state index contributed by atoms with van der Waals surface area (Å²) in [6, 6.07) is 17.7. The standard InChI is InChI=1S/C23H34N4OS.C22H30N2O2S/c1-5-19(18-25-22-9-2-6-20-7-3-10-24-23(20)22)17-21(8-1)29-26-11-4-12-27-13-15-28-16-14-27;25-27(24(18-20-9-10-20)17-19-5-2-1-3-6-19)22-8-4-7-21(15-22)16-23-11-13-26-14-12-23/h1,3,5,7-8,17,22,24-26H,2,4,6,9-16,18H2;2,4-8,15,20H,1,3,9-14,16-18H2. The molecule has 0 aromatic heterocycles. The van der Waals surface area contributed by atoms with Crippen LogP contribution in [0.15, 0.2) is 106 Å². The summed E-state index contributed by atoms with van der Waals surface area (Å²) < 4.78 is 29.9. The van der Waals surface area contributed by atoms with Crippen LogP contribution in [0.2, 0.25) is 0 Å². The molecule has 11 heteroatoms. The molecule has 2 unspecified atom stereocenters. The van der Waals surface area contributed by atoms with Gasteiger partial charge in [0.1, 0.15) is 11.0 Å². The second kappa shape index (κ2) is 22.5. The van der Waals surface area contributed by atoms with E-state index in [-0.39, 0.29) is 0 Å². The summed E-state index contributed by atoms with van der Waals surface area (Å²) in [5.74, 6) is 0.721. The Bertz CT molecular complexity index is 1680. The van der Waals surface area contributed by atoms with Crippen LogP contribution < -0.4 is 15.4 Å². The van der Waals surface area contributed by atoms with E-state index in [0.29, 0.717) is 6.04 Å². The largest absolute Gasteiger partial charge is 0.383 e. The van der Waals surface area contributed by atoms with Gasteiger partial charge in [-0.05, 0) is 122 Å². The number of allylic oxidation sites excluding steroid dienone is 4. The summed E-state index contributed by atoms with van der Waals surface area (Å²) in [6.07, 6.45) is 20.9. The van der Waals surface area contributed by atoms with Crippen molar-refractivity contribution in [3.8, 4) is 0 Å². The molecule has 0 spiro atoms. The van der Waals surface area contributed by atoms with Crippen molar-refractivity contribution in [2.24, 2.45) is 5.92 Å². The Labute approximate surface area is 343 Å². The number of hydrogen-bond donors (Lipinski definition) is 3. The molecule has 8 rings (SSSR count). The van der Waals surface area contributed by atoms with Crippen molar-refractivity contribution in [1.29, 1.82) is 0 Å². The highest BCUT2D eigenvalue weighted by Crippen LogP contribution is 2.32. The van der Waals surface area contributed by atoms with Crippen LogP contribution in [0.25, 0.3) is 0 Å². The average molecular weight is 801 g/mol. The maximum Gasteiger partial charge on any atom is 0.127 e. The first-order valence-electron chi connectivity index (χ1n) is 21.2. The zero-order chi connectivity index (χ0) is 38.2. The number of nitrogens with one attached hydrogen (secondary N) is 3. The van der Waals surface area contributed by atoms with Crippen LogP contribution in [0.4, 0.5) is 0 Å². The molecule has 2 atom stereocenters. The van der Waals surface area contributed by atoms with Crippen LogP contribution in [0.1, 0.15) is 62.5 Å². The zero-order valence-corrected chi connectivity index (χ0v) is 34.9. The lowest BCUT2D eigenvalue weighted by atomic mass is 9.90. The third-order valence-corrected chi connectivity index (χ3v) is 13.5. The van der Waals surface area contributed by atoms with Crippen molar-refractivity contribution in [2.75, 3.05) is 85.3 Å². The SMILES string of the molecule is C1=CC2=C(NC1)C(NCc1cccc(SNCCCN3CCOCC3)c1)CCC2.O=S(c1cccc(CN2CCOCC2)c1)N(CC1=CCCC=C1)CC1CC1. The van der Waals surface area contributed by atoms with Gasteiger partial charge in [-0.15, -0.1) is 0 Å². The second-order valence-corrected chi connectivity index (χ2v) is 18.3. The van der Waals surface area contributed by atoms with Gasteiger partial charge in [0, 0.05) is 82.1 Å². The van der Waals surface area contributed by atoms with Crippen LogP contribution in [0.5, 0.6) is 0 Å². The van der Waals surface area contributed by atoms with Gasteiger partial charge in [-0.25, -0.2) is 8.51 Å². The molecule has 0 amide bonds. The summed E-state index contributed by atoms with van der Waals surface area (Å²) in [7, 11) is -1.10. The minimum Gasteiger partial charge on any atom is -0.383 e. The number of hydrogen-bond acceptors (Lipinski definition) is 9. The first-order valence-corrected chi connectivity index (χ1v) is 23.2. The number of dihydropyridines is 1. The van der Waals surface area contributed by atoms with Crippen LogP contribution in [0, 0.1) is 5.92 Å². The van der Waals surface area contributed by atoms with Crippen molar-refractivity contribution in [3.63, 3.8) is 0 Å². The van der Waals surface area contributed by atoms with Crippen molar-refractivity contribution >= 4 is 22.9 Å². The number of ether oxygens (including phenoxy) is 2. The minimum atomic E-state index is -1.10. The fourth-order valence-electron chi connectivity index (χ4n) is 7.96. The van der Waals surface area contributed by atoms with Gasteiger partial charge < -0.3 is 20.1 Å².